The Bertz CT molecular complexity index is 254. The van der Waals surface area contributed by atoms with Crippen LogP contribution in [0.1, 0.15) is 32.1 Å². The van der Waals surface area contributed by atoms with E-state index in [1.54, 1.807) is 0 Å². The minimum Gasteiger partial charge on any atom is -0.317 e. The lowest BCUT2D eigenvalue weighted by Crippen LogP contribution is -2.28. The minimum absolute atomic E-state index is 0.721. The Morgan fingerprint density at radius 3 is 2.69 bits per heavy atom. The first-order valence-corrected chi connectivity index (χ1v) is 5.24. The number of nitrogens with one attached hydrogen (secondary N) is 1. The van der Waals surface area contributed by atoms with E-state index in [-0.39, 0.29) is 0 Å². The molecule has 0 aromatic rings. The van der Waals surface area contributed by atoms with Crippen LogP contribution in [0.2, 0.25) is 0 Å². The first kappa shape index (κ1) is 8.77. The molecule has 0 aromatic heterocycles. The van der Waals surface area contributed by atoms with Crippen LogP contribution in [0.5, 0.6) is 0 Å². The molecule has 1 N–H and O–H groups in total. The van der Waals surface area contributed by atoms with Crippen LogP contribution in [0.15, 0.2) is 11.1 Å². The Morgan fingerprint density at radius 1 is 1.23 bits per heavy atom. The molecule has 1 aliphatic carbocycles. The Morgan fingerprint density at radius 2 is 2.00 bits per heavy atom. The smallest absolute Gasteiger partial charge is 0.0946 e. The third-order valence-electron chi connectivity index (χ3n) is 3.23. The van der Waals surface area contributed by atoms with E-state index in [1.165, 1.54) is 31.3 Å². The van der Waals surface area contributed by atoms with Crippen LogP contribution in [0.3, 0.4) is 0 Å². The second-order valence-electron chi connectivity index (χ2n) is 3.99. The van der Waals surface area contributed by atoms with E-state index in [1.807, 2.05) is 0 Å². The van der Waals surface area contributed by atoms with Crippen molar-refractivity contribution in [1.29, 1.82) is 5.26 Å². The highest BCUT2D eigenvalue weighted by atomic mass is 14.9. The third-order valence-corrected chi connectivity index (χ3v) is 3.23. The Hall–Kier alpha value is -0.810. The first-order valence-electron chi connectivity index (χ1n) is 5.24. The highest BCUT2D eigenvalue weighted by Crippen LogP contribution is 2.34. The maximum atomic E-state index is 8.94. The van der Waals surface area contributed by atoms with Gasteiger partial charge in [0, 0.05) is 5.57 Å². The van der Waals surface area contributed by atoms with E-state index in [4.69, 9.17) is 5.26 Å². The molecule has 0 aromatic carbocycles. The predicted molar refractivity (Wildman–Crippen MR) is 52.1 cm³/mol. The molecule has 1 heterocycles. The highest BCUT2D eigenvalue weighted by molar-refractivity contribution is 5.33. The molecular weight excluding hydrogens is 160 g/mol. The number of rotatable bonds is 1. The van der Waals surface area contributed by atoms with Gasteiger partial charge in [-0.25, -0.2) is 0 Å². The summed E-state index contributed by atoms with van der Waals surface area (Å²) in [7, 11) is 0. The molecule has 0 saturated carbocycles. The summed E-state index contributed by atoms with van der Waals surface area (Å²) in [5.41, 5.74) is 2.59. The zero-order valence-electron chi connectivity index (χ0n) is 7.97. The molecule has 2 rings (SSSR count). The molecule has 0 amide bonds. The first-order chi connectivity index (χ1) is 6.42. The number of hydrogen-bond acceptors (Lipinski definition) is 2. The Balaban J connectivity index is 2.10. The fraction of sp³-hybridized carbons (Fsp3) is 0.727. The molecule has 0 spiro atoms. The summed E-state index contributed by atoms with van der Waals surface area (Å²) in [6, 6.07) is 2.37. The van der Waals surface area contributed by atoms with Gasteiger partial charge in [0.15, 0.2) is 0 Å². The number of piperidine rings is 1. The van der Waals surface area contributed by atoms with E-state index < -0.39 is 0 Å². The molecule has 1 saturated heterocycles. The van der Waals surface area contributed by atoms with E-state index in [2.05, 4.69) is 11.4 Å². The van der Waals surface area contributed by atoms with Crippen molar-refractivity contribution in [3.8, 4) is 6.07 Å². The van der Waals surface area contributed by atoms with E-state index in [0.717, 1.165) is 31.0 Å². The van der Waals surface area contributed by atoms with Crippen molar-refractivity contribution < 1.29 is 0 Å². The van der Waals surface area contributed by atoms with Crippen LogP contribution >= 0.6 is 0 Å². The summed E-state index contributed by atoms with van der Waals surface area (Å²) >= 11 is 0. The lowest BCUT2D eigenvalue weighted by molar-refractivity contribution is 0.413. The molecular formula is C11H16N2. The van der Waals surface area contributed by atoms with Crippen molar-refractivity contribution in [2.24, 2.45) is 5.92 Å². The second-order valence-corrected chi connectivity index (χ2v) is 3.99. The molecule has 0 bridgehead atoms. The topological polar surface area (TPSA) is 35.8 Å². The van der Waals surface area contributed by atoms with Gasteiger partial charge in [-0.05, 0) is 51.1 Å². The van der Waals surface area contributed by atoms with Crippen molar-refractivity contribution >= 4 is 0 Å². The average molecular weight is 176 g/mol. The van der Waals surface area contributed by atoms with Crippen molar-refractivity contribution in [2.45, 2.75) is 32.1 Å². The lowest BCUT2D eigenvalue weighted by atomic mass is 9.88. The van der Waals surface area contributed by atoms with Gasteiger partial charge in [-0.3, -0.25) is 0 Å². The Labute approximate surface area is 79.6 Å². The minimum atomic E-state index is 0.721. The van der Waals surface area contributed by atoms with E-state index >= 15 is 0 Å². The average Bonchev–Trinajstić information content (AvgIpc) is 2.67. The molecule has 0 unspecified atom stereocenters. The molecule has 70 valence electrons. The molecule has 2 aliphatic rings. The predicted octanol–water partition coefficient (Wildman–Crippen LogP) is 1.99. The van der Waals surface area contributed by atoms with Crippen LogP contribution < -0.4 is 5.32 Å². The molecule has 0 atom stereocenters. The largest absolute Gasteiger partial charge is 0.317 e. The lowest BCUT2D eigenvalue weighted by Gasteiger charge is -2.24. The van der Waals surface area contributed by atoms with E-state index in [9.17, 15) is 0 Å². The SMILES string of the molecule is N#CC1=C(C2CCNCC2)CCC1. The van der Waals surface area contributed by atoms with Gasteiger partial charge in [-0.2, -0.15) is 5.26 Å². The van der Waals surface area contributed by atoms with Gasteiger partial charge in [-0.15, -0.1) is 0 Å². The number of nitriles is 1. The highest BCUT2D eigenvalue weighted by Gasteiger charge is 2.23. The zero-order chi connectivity index (χ0) is 9.10. The van der Waals surface area contributed by atoms with Gasteiger partial charge < -0.3 is 5.32 Å². The van der Waals surface area contributed by atoms with Crippen LogP contribution in [0.25, 0.3) is 0 Å². The van der Waals surface area contributed by atoms with Crippen molar-refractivity contribution in [2.75, 3.05) is 13.1 Å². The van der Waals surface area contributed by atoms with E-state index in [0.29, 0.717) is 0 Å². The molecule has 13 heavy (non-hydrogen) atoms. The number of hydrogen-bond donors (Lipinski definition) is 1. The molecule has 1 aliphatic heterocycles. The van der Waals surface area contributed by atoms with Crippen LogP contribution in [-0.4, -0.2) is 13.1 Å². The molecule has 2 heteroatoms. The summed E-state index contributed by atoms with van der Waals surface area (Å²) in [5, 5.41) is 12.3. The quantitative estimate of drug-likeness (QED) is 0.663. The summed E-state index contributed by atoms with van der Waals surface area (Å²) in [5.74, 6) is 0.721. The van der Waals surface area contributed by atoms with Gasteiger partial charge in [-0.1, -0.05) is 5.57 Å². The van der Waals surface area contributed by atoms with Gasteiger partial charge in [0.2, 0.25) is 0 Å². The maximum Gasteiger partial charge on any atom is 0.0946 e. The molecule has 1 fully saturated rings. The monoisotopic (exact) mass is 176 g/mol. The molecule has 2 nitrogen and oxygen atoms in total. The fourth-order valence-corrected chi connectivity index (χ4v) is 2.52. The third kappa shape index (κ3) is 1.76. The van der Waals surface area contributed by atoms with Gasteiger partial charge in [0.1, 0.15) is 0 Å². The zero-order valence-corrected chi connectivity index (χ0v) is 7.97. The van der Waals surface area contributed by atoms with Crippen LogP contribution in [0, 0.1) is 17.2 Å². The number of allylic oxidation sites excluding steroid dienone is 2. The number of nitrogens with zero attached hydrogens (tertiary/aromatic N) is 1. The van der Waals surface area contributed by atoms with Gasteiger partial charge >= 0.3 is 0 Å². The molecule has 0 radical (unpaired) electrons. The summed E-state index contributed by atoms with van der Waals surface area (Å²) < 4.78 is 0. The maximum absolute atomic E-state index is 8.94. The van der Waals surface area contributed by atoms with Gasteiger partial charge in [0.05, 0.1) is 6.07 Å². The second kappa shape index (κ2) is 3.93. The van der Waals surface area contributed by atoms with Crippen molar-refractivity contribution in [3.05, 3.63) is 11.1 Å². The van der Waals surface area contributed by atoms with Crippen molar-refractivity contribution in [3.63, 3.8) is 0 Å². The van der Waals surface area contributed by atoms with Gasteiger partial charge in [0.25, 0.3) is 0 Å². The fourth-order valence-electron chi connectivity index (χ4n) is 2.52. The normalized spacial score (nSPS) is 24.8. The summed E-state index contributed by atoms with van der Waals surface area (Å²) in [4.78, 5) is 0. The van der Waals surface area contributed by atoms with Crippen LogP contribution in [0.4, 0.5) is 0 Å². The summed E-state index contributed by atoms with van der Waals surface area (Å²) in [6.45, 7) is 2.26. The standard InChI is InChI=1S/C11H16N2/c12-8-10-2-1-3-11(10)9-4-6-13-7-5-9/h9,13H,1-7H2. The summed E-state index contributed by atoms with van der Waals surface area (Å²) in [6.07, 6.45) is 5.91. The van der Waals surface area contributed by atoms with Crippen molar-refractivity contribution in [1.82, 2.24) is 5.32 Å². The van der Waals surface area contributed by atoms with Crippen LogP contribution in [-0.2, 0) is 0 Å². The Kier molecular flexibility index (Phi) is 2.65.